The largest absolute Gasteiger partial charge is 0.387 e. The second-order valence-corrected chi connectivity index (χ2v) is 6.43. The molecule has 0 aliphatic carbocycles. The number of halogens is 1. The van der Waals surface area contributed by atoms with Gasteiger partial charge in [-0.2, -0.15) is 11.3 Å². The van der Waals surface area contributed by atoms with Crippen molar-refractivity contribution in [3.8, 4) is 0 Å². The Balaban J connectivity index is 2.04. The zero-order valence-corrected chi connectivity index (χ0v) is 11.4. The minimum absolute atomic E-state index is 0.0357. The average Bonchev–Trinajstić information content (AvgIpc) is 2.90. The fraction of sp³-hybridized carbons (Fsp3) is 0.167. The SMILES string of the molecule is O=S(=O)(NCC(O)c1ccsc1)c1ccc(F)cc1. The Morgan fingerprint density at radius 2 is 1.95 bits per heavy atom. The highest BCUT2D eigenvalue weighted by atomic mass is 32.2. The number of nitrogens with one attached hydrogen (secondary N) is 1. The summed E-state index contributed by atoms with van der Waals surface area (Å²) in [6.45, 7) is -0.129. The van der Waals surface area contributed by atoms with E-state index in [4.69, 9.17) is 0 Å². The van der Waals surface area contributed by atoms with E-state index in [9.17, 15) is 17.9 Å². The number of rotatable bonds is 5. The van der Waals surface area contributed by atoms with Crippen LogP contribution in [0.25, 0.3) is 0 Å². The van der Waals surface area contributed by atoms with E-state index in [1.54, 1.807) is 16.8 Å². The van der Waals surface area contributed by atoms with Crippen molar-refractivity contribution in [2.75, 3.05) is 6.54 Å². The fourth-order valence-electron chi connectivity index (χ4n) is 1.47. The van der Waals surface area contributed by atoms with Crippen LogP contribution in [0, 0.1) is 5.82 Å². The van der Waals surface area contributed by atoms with Gasteiger partial charge in [0.15, 0.2) is 0 Å². The highest BCUT2D eigenvalue weighted by Crippen LogP contribution is 2.16. The normalized spacial score (nSPS) is 13.4. The minimum Gasteiger partial charge on any atom is -0.387 e. The highest BCUT2D eigenvalue weighted by molar-refractivity contribution is 7.89. The molecule has 0 radical (unpaired) electrons. The van der Waals surface area contributed by atoms with Gasteiger partial charge in [-0.25, -0.2) is 17.5 Å². The van der Waals surface area contributed by atoms with Crippen LogP contribution < -0.4 is 4.72 Å². The molecule has 102 valence electrons. The maximum absolute atomic E-state index is 12.7. The van der Waals surface area contributed by atoms with Crippen LogP contribution in [-0.4, -0.2) is 20.1 Å². The van der Waals surface area contributed by atoms with E-state index in [0.717, 1.165) is 12.1 Å². The molecule has 0 amide bonds. The monoisotopic (exact) mass is 301 g/mol. The first-order chi connectivity index (χ1) is 8.99. The molecule has 0 fully saturated rings. The quantitative estimate of drug-likeness (QED) is 0.886. The fourth-order valence-corrected chi connectivity index (χ4v) is 3.21. The van der Waals surface area contributed by atoms with E-state index in [1.807, 2.05) is 0 Å². The summed E-state index contributed by atoms with van der Waals surface area (Å²) >= 11 is 1.42. The zero-order chi connectivity index (χ0) is 13.9. The van der Waals surface area contributed by atoms with Crippen LogP contribution >= 0.6 is 11.3 Å². The van der Waals surface area contributed by atoms with E-state index < -0.39 is 21.9 Å². The molecule has 0 bridgehead atoms. The lowest BCUT2D eigenvalue weighted by molar-refractivity contribution is 0.182. The smallest absolute Gasteiger partial charge is 0.240 e. The Hall–Kier alpha value is -1.28. The molecule has 0 saturated heterocycles. The minimum atomic E-state index is -3.74. The number of hydrogen-bond acceptors (Lipinski definition) is 4. The molecule has 2 aromatic rings. The van der Waals surface area contributed by atoms with E-state index in [0.29, 0.717) is 5.56 Å². The van der Waals surface area contributed by atoms with Gasteiger partial charge in [-0.3, -0.25) is 0 Å². The molecule has 1 aromatic heterocycles. The first-order valence-corrected chi connectivity index (χ1v) is 7.87. The lowest BCUT2D eigenvalue weighted by Crippen LogP contribution is -2.28. The van der Waals surface area contributed by atoms with Gasteiger partial charge in [-0.15, -0.1) is 0 Å². The molecular formula is C12H12FNO3S2. The van der Waals surface area contributed by atoms with Crippen molar-refractivity contribution in [3.63, 3.8) is 0 Å². The third-order valence-corrected chi connectivity index (χ3v) is 4.66. The first kappa shape index (κ1) is 14.1. The molecule has 1 heterocycles. The van der Waals surface area contributed by atoms with Gasteiger partial charge >= 0.3 is 0 Å². The maximum atomic E-state index is 12.7. The molecule has 0 aliphatic rings. The summed E-state index contributed by atoms with van der Waals surface area (Å²) < 4.78 is 38.8. The van der Waals surface area contributed by atoms with Gasteiger partial charge in [-0.05, 0) is 46.7 Å². The second kappa shape index (κ2) is 5.79. The Morgan fingerprint density at radius 1 is 1.26 bits per heavy atom. The molecule has 1 unspecified atom stereocenters. The molecule has 4 nitrogen and oxygen atoms in total. The topological polar surface area (TPSA) is 66.4 Å². The highest BCUT2D eigenvalue weighted by Gasteiger charge is 2.16. The van der Waals surface area contributed by atoms with Crippen molar-refractivity contribution in [1.82, 2.24) is 4.72 Å². The van der Waals surface area contributed by atoms with Crippen molar-refractivity contribution in [2.45, 2.75) is 11.0 Å². The van der Waals surface area contributed by atoms with Crippen LogP contribution in [0.1, 0.15) is 11.7 Å². The summed E-state index contributed by atoms with van der Waals surface area (Å²) in [5.41, 5.74) is 0.659. The lowest BCUT2D eigenvalue weighted by atomic mass is 10.2. The number of aliphatic hydroxyl groups is 1. The van der Waals surface area contributed by atoms with Crippen molar-refractivity contribution < 1.29 is 17.9 Å². The zero-order valence-electron chi connectivity index (χ0n) is 9.78. The standard InChI is InChI=1S/C12H12FNO3S2/c13-10-1-3-11(4-2-10)19(16,17)14-7-12(15)9-5-6-18-8-9/h1-6,8,12,14-15H,7H2. The molecule has 19 heavy (non-hydrogen) atoms. The number of thiophene rings is 1. The van der Waals surface area contributed by atoms with Crippen LogP contribution in [0.4, 0.5) is 4.39 Å². The first-order valence-electron chi connectivity index (χ1n) is 5.44. The Kier molecular flexibility index (Phi) is 4.31. The summed E-state index contributed by atoms with van der Waals surface area (Å²) in [4.78, 5) is -0.0357. The van der Waals surface area contributed by atoms with Crippen LogP contribution in [-0.2, 0) is 10.0 Å². The molecule has 0 aliphatic heterocycles. The van der Waals surface area contributed by atoms with Gasteiger partial charge in [0.2, 0.25) is 10.0 Å². The lowest BCUT2D eigenvalue weighted by Gasteiger charge is -2.11. The van der Waals surface area contributed by atoms with E-state index in [-0.39, 0.29) is 11.4 Å². The van der Waals surface area contributed by atoms with Crippen LogP contribution in [0.5, 0.6) is 0 Å². The number of aliphatic hydroxyl groups excluding tert-OH is 1. The molecule has 0 spiro atoms. The predicted octanol–water partition coefficient (Wildman–Crippen LogP) is 1.90. The summed E-state index contributed by atoms with van der Waals surface area (Å²) in [5.74, 6) is -0.503. The van der Waals surface area contributed by atoms with Gasteiger partial charge in [0, 0.05) is 6.54 Å². The number of sulfonamides is 1. The molecule has 0 saturated carbocycles. The van der Waals surface area contributed by atoms with Crippen LogP contribution in [0.3, 0.4) is 0 Å². The van der Waals surface area contributed by atoms with Gasteiger partial charge in [-0.1, -0.05) is 0 Å². The second-order valence-electron chi connectivity index (χ2n) is 3.88. The van der Waals surface area contributed by atoms with E-state index in [2.05, 4.69) is 4.72 Å². The van der Waals surface area contributed by atoms with E-state index >= 15 is 0 Å². The van der Waals surface area contributed by atoms with Gasteiger partial charge in [0.1, 0.15) is 5.82 Å². The predicted molar refractivity (Wildman–Crippen MR) is 70.9 cm³/mol. The average molecular weight is 301 g/mol. The van der Waals surface area contributed by atoms with Crippen molar-refractivity contribution in [2.24, 2.45) is 0 Å². The van der Waals surface area contributed by atoms with Crippen molar-refractivity contribution in [3.05, 3.63) is 52.5 Å². The Bertz CT molecular complexity index is 624. The molecule has 1 atom stereocenters. The summed E-state index contributed by atoms with van der Waals surface area (Å²) in [6.07, 6.45) is -0.901. The third kappa shape index (κ3) is 3.60. The van der Waals surface area contributed by atoms with Gasteiger partial charge in [0.25, 0.3) is 0 Å². The van der Waals surface area contributed by atoms with Crippen molar-refractivity contribution >= 4 is 21.4 Å². The Morgan fingerprint density at radius 3 is 2.53 bits per heavy atom. The molecule has 2 rings (SSSR count). The van der Waals surface area contributed by atoms with E-state index in [1.165, 1.54) is 23.5 Å². The van der Waals surface area contributed by atoms with Gasteiger partial charge in [0.05, 0.1) is 11.0 Å². The summed E-state index contributed by atoms with van der Waals surface area (Å²) in [6, 6.07) is 6.22. The maximum Gasteiger partial charge on any atom is 0.240 e. The molecule has 1 aromatic carbocycles. The van der Waals surface area contributed by atoms with Crippen LogP contribution in [0.2, 0.25) is 0 Å². The third-order valence-electron chi connectivity index (χ3n) is 2.52. The molecular weight excluding hydrogens is 289 g/mol. The van der Waals surface area contributed by atoms with Gasteiger partial charge < -0.3 is 5.11 Å². The molecule has 7 heteroatoms. The van der Waals surface area contributed by atoms with Crippen LogP contribution in [0.15, 0.2) is 46.0 Å². The Labute approximate surface area is 114 Å². The number of benzene rings is 1. The number of hydrogen-bond donors (Lipinski definition) is 2. The van der Waals surface area contributed by atoms with Crippen molar-refractivity contribution in [1.29, 1.82) is 0 Å². The summed E-state index contributed by atoms with van der Waals surface area (Å²) in [7, 11) is -3.74. The summed E-state index contributed by atoms with van der Waals surface area (Å²) in [5, 5.41) is 13.3. The molecule has 2 N–H and O–H groups in total.